The molecule has 0 aromatic carbocycles. The van der Waals surface area contributed by atoms with Crippen LogP contribution in [0.4, 0.5) is 4.79 Å². The maximum absolute atomic E-state index is 12.2. The van der Waals surface area contributed by atoms with Gasteiger partial charge in [-0.25, -0.2) is 4.79 Å². The zero-order valence-corrected chi connectivity index (χ0v) is 11.6. The Morgan fingerprint density at radius 2 is 2.16 bits per heavy atom. The summed E-state index contributed by atoms with van der Waals surface area (Å²) >= 11 is 0. The number of terminal acetylenes is 1. The van der Waals surface area contributed by atoms with Crippen molar-refractivity contribution in [2.24, 2.45) is 0 Å². The maximum atomic E-state index is 12.2. The first-order valence-electron chi connectivity index (χ1n) is 6.64. The van der Waals surface area contributed by atoms with Gasteiger partial charge in [-0.05, 0) is 39.5 Å². The molecule has 0 spiro atoms. The third-order valence-electron chi connectivity index (χ3n) is 3.36. The van der Waals surface area contributed by atoms with Crippen LogP contribution < -0.4 is 5.32 Å². The zero-order valence-electron chi connectivity index (χ0n) is 11.6. The molecule has 106 valence electrons. The number of likely N-dealkylation sites (tertiary alicyclic amines) is 1. The molecule has 0 bridgehead atoms. The fraction of sp³-hybridized carbons (Fsp3) is 0.714. The van der Waals surface area contributed by atoms with E-state index in [2.05, 4.69) is 11.2 Å². The molecule has 1 fully saturated rings. The van der Waals surface area contributed by atoms with E-state index in [4.69, 9.17) is 11.5 Å². The number of carbonyl (C=O) groups excluding carboxylic acids is 1. The molecule has 1 saturated heterocycles. The lowest BCUT2D eigenvalue weighted by Gasteiger charge is -2.37. The second-order valence-electron chi connectivity index (χ2n) is 5.47. The molecule has 1 atom stereocenters. The molecule has 1 aliphatic rings. The summed E-state index contributed by atoms with van der Waals surface area (Å²) in [6.45, 7) is 4.19. The second kappa shape index (κ2) is 6.46. The summed E-state index contributed by atoms with van der Waals surface area (Å²) in [5.41, 5.74) is -0.689. The number of carboxylic acids is 1. The average molecular weight is 266 g/mol. The van der Waals surface area contributed by atoms with Crippen LogP contribution in [0.3, 0.4) is 0 Å². The van der Waals surface area contributed by atoms with Crippen LogP contribution in [0.5, 0.6) is 0 Å². The Morgan fingerprint density at radius 1 is 1.47 bits per heavy atom. The Kier molecular flexibility index (Phi) is 5.22. The topological polar surface area (TPSA) is 69.6 Å². The number of urea groups is 1. The van der Waals surface area contributed by atoms with Gasteiger partial charge in [0, 0.05) is 19.0 Å². The molecule has 2 N–H and O–H groups in total. The molecule has 1 rings (SSSR count). The highest BCUT2D eigenvalue weighted by Crippen LogP contribution is 2.21. The van der Waals surface area contributed by atoms with Crippen LogP contribution in [0.2, 0.25) is 0 Å². The molecule has 5 heteroatoms. The van der Waals surface area contributed by atoms with E-state index >= 15 is 0 Å². The van der Waals surface area contributed by atoms with E-state index in [9.17, 15) is 9.59 Å². The number of nitrogens with zero attached hydrogens (tertiary/aromatic N) is 1. The van der Waals surface area contributed by atoms with E-state index in [1.165, 1.54) is 0 Å². The molecule has 5 nitrogen and oxygen atoms in total. The summed E-state index contributed by atoms with van der Waals surface area (Å²) in [6, 6.07) is -0.198. The molecule has 1 heterocycles. The Hall–Kier alpha value is -1.70. The monoisotopic (exact) mass is 266 g/mol. The van der Waals surface area contributed by atoms with Crippen molar-refractivity contribution in [3.05, 3.63) is 0 Å². The van der Waals surface area contributed by atoms with Gasteiger partial charge in [0.25, 0.3) is 0 Å². The second-order valence-corrected chi connectivity index (χ2v) is 5.47. The highest BCUT2D eigenvalue weighted by Gasteiger charge is 2.29. The van der Waals surface area contributed by atoms with Crippen LogP contribution in [0.1, 0.15) is 46.0 Å². The number of amides is 2. The normalized spacial score (nSPS) is 19.6. The first-order chi connectivity index (χ1) is 8.85. The predicted molar refractivity (Wildman–Crippen MR) is 72.7 cm³/mol. The van der Waals surface area contributed by atoms with Gasteiger partial charge in [0.05, 0.1) is 5.54 Å². The minimum atomic E-state index is -0.824. The van der Waals surface area contributed by atoms with Crippen molar-refractivity contribution in [3.63, 3.8) is 0 Å². The van der Waals surface area contributed by atoms with E-state index in [-0.39, 0.29) is 18.5 Å². The Morgan fingerprint density at radius 3 is 2.74 bits per heavy atom. The summed E-state index contributed by atoms with van der Waals surface area (Å²) in [7, 11) is 0. The van der Waals surface area contributed by atoms with Crippen molar-refractivity contribution < 1.29 is 14.7 Å². The van der Waals surface area contributed by atoms with Gasteiger partial charge >= 0.3 is 12.0 Å². The molecule has 0 aromatic rings. The van der Waals surface area contributed by atoms with Crippen molar-refractivity contribution in [1.82, 2.24) is 10.2 Å². The largest absolute Gasteiger partial charge is 0.481 e. The number of nitrogens with one attached hydrogen (secondary N) is 1. The molecular formula is C14H22N2O3. The van der Waals surface area contributed by atoms with Crippen molar-refractivity contribution in [2.75, 3.05) is 6.54 Å². The lowest BCUT2D eigenvalue weighted by Crippen LogP contribution is -2.54. The van der Waals surface area contributed by atoms with Gasteiger partial charge in [-0.2, -0.15) is 0 Å². The molecule has 1 unspecified atom stereocenters. The maximum Gasteiger partial charge on any atom is 0.318 e. The van der Waals surface area contributed by atoms with Crippen LogP contribution in [-0.4, -0.2) is 40.1 Å². The Bertz CT molecular complexity index is 385. The van der Waals surface area contributed by atoms with E-state index in [0.29, 0.717) is 13.0 Å². The van der Waals surface area contributed by atoms with Gasteiger partial charge in [-0.1, -0.05) is 5.92 Å². The molecule has 0 aliphatic carbocycles. The summed E-state index contributed by atoms with van der Waals surface area (Å²) in [6.07, 6.45) is 8.79. The van der Waals surface area contributed by atoms with E-state index in [0.717, 1.165) is 19.3 Å². The van der Waals surface area contributed by atoms with E-state index < -0.39 is 11.5 Å². The molecule has 0 radical (unpaired) electrons. The quantitative estimate of drug-likeness (QED) is 0.763. The van der Waals surface area contributed by atoms with Crippen LogP contribution >= 0.6 is 0 Å². The number of carboxylic acid groups (broad SMARTS) is 1. The van der Waals surface area contributed by atoms with Crippen molar-refractivity contribution in [2.45, 2.75) is 57.5 Å². The summed E-state index contributed by atoms with van der Waals surface area (Å²) in [4.78, 5) is 24.6. The standard InChI is InChI=1S/C14H22N2O3/c1-4-14(2,3)15-13(19)16-10-6-5-7-11(16)8-9-12(17)18/h1,11H,5-10H2,2-3H3,(H,15,19)(H,17,18). The molecule has 19 heavy (non-hydrogen) atoms. The van der Waals surface area contributed by atoms with Crippen LogP contribution in [0.15, 0.2) is 0 Å². The third-order valence-corrected chi connectivity index (χ3v) is 3.36. The first kappa shape index (κ1) is 15.4. The van der Waals surface area contributed by atoms with Crippen molar-refractivity contribution >= 4 is 12.0 Å². The fourth-order valence-electron chi connectivity index (χ4n) is 2.23. The lowest BCUT2D eigenvalue weighted by molar-refractivity contribution is -0.137. The van der Waals surface area contributed by atoms with E-state index in [1.807, 2.05) is 0 Å². The van der Waals surface area contributed by atoms with Gasteiger partial charge < -0.3 is 15.3 Å². The highest BCUT2D eigenvalue weighted by molar-refractivity contribution is 5.76. The number of carbonyl (C=O) groups is 2. The van der Waals surface area contributed by atoms with Crippen molar-refractivity contribution in [1.29, 1.82) is 0 Å². The number of hydrogen-bond donors (Lipinski definition) is 2. The minimum Gasteiger partial charge on any atom is -0.481 e. The van der Waals surface area contributed by atoms with Gasteiger partial charge in [-0.15, -0.1) is 6.42 Å². The smallest absolute Gasteiger partial charge is 0.318 e. The molecule has 0 aromatic heterocycles. The molecule has 1 aliphatic heterocycles. The highest BCUT2D eigenvalue weighted by atomic mass is 16.4. The molecule has 0 saturated carbocycles. The first-order valence-corrected chi connectivity index (χ1v) is 6.64. The SMILES string of the molecule is C#CC(C)(C)NC(=O)N1CCCCC1CCC(=O)O. The van der Waals surface area contributed by atoms with Gasteiger partial charge in [0.2, 0.25) is 0 Å². The summed E-state index contributed by atoms with van der Waals surface area (Å²) < 4.78 is 0. The Balaban J connectivity index is 2.63. The molecular weight excluding hydrogens is 244 g/mol. The number of aliphatic carboxylic acids is 1. The van der Waals surface area contributed by atoms with Crippen LogP contribution in [0, 0.1) is 12.3 Å². The fourth-order valence-corrected chi connectivity index (χ4v) is 2.23. The third kappa shape index (κ3) is 4.82. The zero-order chi connectivity index (χ0) is 14.5. The minimum absolute atomic E-state index is 0.00146. The number of hydrogen-bond acceptors (Lipinski definition) is 2. The average Bonchev–Trinajstić information content (AvgIpc) is 2.36. The molecule has 2 amide bonds. The van der Waals surface area contributed by atoms with Gasteiger partial charge in [0.15, 0.2) is 0 Å². The summed E-state index contributed by atoms with van der Waals surface area (Å²) in [5, 5.41) is 11.5. The number of rotatable bonds is 4. The predicted octanol–water partition coefficient (Wildman–Crippen LogP) is 1.83. The van der Waals surface area contributed by atoms with Crippen LogP contribution in [-0.2, 0) is 4.79 Å². The lowest BCUT2D eigenvalue weighted by atomic mass is 9.98. The Labute approximate surface area is 114 Å². The number of piperidine rings is 1. The van der Waals surface area contributed by atoms with E-state index in [1.54, 1.807) is 18.7 Å². The van der Waals surface area contributed by atoms with Crippen molar-refractivity contribution in [3.8, 4) is 12.3 Å². The van der Waals surface area contributed by atoms with Gasteiger partial charge in [0.1, 0.15) is 0 Å². The van der Waals surface area contributed by atoms with Gasteiger partial charge in [-0.3, -0.25) is 4.79 Å². The summed E-state index contributed by atoms with van der Waals surface area (Å²) in [5.74, 6) is 1.70. The van der Waals surface area contributed by atoms with Crippen LogP contribution in [0.25, 0.3) is 0 Å².